The van der Waals surface area contributed by atoms with E-state index in [4.69, 9.17) is 22.1 Å². The third kappa shape index (κ3) is 3.43. The number of ether oxygens (including phenoxy) is 1. The first kappa shape index (κ1) is 15.5. The highest BCUT2D eigenvalue weighted by atomic mass is 35.5. The van der Waals surface area contributed by atoms with Crippen molar-refractivity contribution >= 4 is 17.3 Å². The van der Waals surface area contributed by atoms with E-state index in [1.54, 1.807) is 6.07 Å². The molecular formula is C15H15ClF2N2O. The van der Waals surface area contributed by atoms with Crippen LogP contribution in [0, 0.1) is 11.6 Å². The lowest BCUT2D eigenvalue weighted by Crippen LogP contribution is -2.22. The van der Waals surface area contributed by atoms with Crippen molar-refractivity contribution in [2.24, 2.45) is 5.73 Å². The molecule has 0 saturated heterocycles. The van der Waals surface area contributed by atoms with Crippen LogP contribution < -0.4 is 15.8 Å². The van der Waals surface area contributed by atoms with Crippen molar-refractivity contribution in [3.8, 4) is 5.75 Å². The molecular weight excluding hydrogens is 298 g/mol. The number of benzene rings is 2. The summed E-state index contributed by atoms with van der Waals surface area (Å²) in [5, 5.41) is 3.32. The maximum absolute atomic E-state index is 13.9. The van der Waals surface area contributed by atoms with Gasteiger partial charge in [-0.05, 0) is 24.3 Å². The number of rotatable bonds is 5. The maximum Gasteiger partial charge on any atom is 0.165 e. The molecule has 0 radical (unpaired) electrons. The fraction of sp³-hybridized carbons (Fsp3) is 0.200. The van der Waals surface area contributed by atoms with Crippen LogP contribution in [0.15, 0.2) is 36.4 Å². The molecule has 1 atom stereocenters. The van der Waals surface area contributed by atoms with Crippen LogP contribution in [0.3, 0.4) is 0 Å². The van der Waals surface area contributed by atoms with Gasteiger partial charge in [0.2, 0.25) is 0 Å². The van der Waals surface area contributed by atoms with Gasteiger partial charge in [-0.3, -0.25) is 0 Å². The van der Waals surface area contributed by atoms with E-state index >= 15 is 0 Å². The highest BCUT2D eigenvalue weighted by molar-refractivity contribution is 6.31. The van der Waals surface area contributed by atoms with Crippen LogP contribution in [-0.4, -0.2) is 13.7 Å². The normalized spacial score (nSPS) is 12.0. The van der Waals surface area contributed by atoms with Gasteiger partial charge in [-0.25, -0.2) is 8.78 Å². The minimum Gasteiger partial charge on any atom is -0.494 e. The molecule has 3 nitrogen and oxygen atoms in total. The number of nitrogens with one attached hydrogen (secondary N) is 1. The molecule has 0 fully saturated rings. The molecule has 0 bridgehead atoms. The summed E-state index contributed by atoms with van der Waals surface area (Å²) in [5.74, 6) is -0.828. The summed E-state index contributed by atoms with van der Waals surface area (Å²) >= 11 is 6.03. The molecule has 0 saturated carbocycles. The van der Waals surface area contributed by atoms with Crippen LogP contribution in [0.2, 0.25) is 5.02 Å². The lowest BCUT2D eigenvalue weighted by molar-refractivity contribution is 0.386. The summed E-state index contributed by atoms with van der Waals surface area (Å²) in [6.07, 6.45) is 0. The zero-order valence-electron chi connectivity index (χ0n) is 11.4. The van der Waals surface area contributed by atoms with Gasteiger partial charge in [-0.2, -0.15) is 0 Å². The van der Waals surface area contributed by atoms with Gasteiger partial charge in [0.05, 0.1) is 13.2 Å². The Kier molecular flexibility index (Phi) is 4.98. The minimum atomic E-state index is -0.533. The summed E-state index contributed by atoms with van der Waals surface area (Å²) in [4.78, 5) is 0. The van der Waals surface area contributed by atoms with Crippen molar-refractivity contribution in [1.82, 2.24) is 0 Å². The first-order chi connectivity index (χ1) is 10.1. The lowest BCUT2D eigenvalue weighted by atomic mass is 10.1. The van der Waals surface area contributed by atoms with Crippen LogP contribution in [0.1, 0.15) is 11.6 Å². The third-order valence-electron chi connectivity index (χ3n) is 3.08. The van der Waals surface area contributed by atoms with Gasteiger partial charge < -0.3 is 15.8 Å². The predicted octanol–water partition coefficient (Wildman–Crippen LogP) is 3.74. The third-order valence-corrected chi connectivity index (χ3v) is 3.41. The molecule has 21 heavy (non-hydrogen) atoms. The molecule has 6 heteroatoms. The van der Waals surface area contributed by atoms with Gasteiger partial charge in [0.15, 0.2) is 11.6 Å². The van der Waals surface area contributed by atoms with E-state index in [1.165, 1.54) is 37.4 Å². The Morgan fingerprint density at radius 1 is 1.24 bits per heavy atom. The summed E-state index contributed by atoms with van der Waals surface area (Å²) in [6, 6.07) is 8.16. The molecule has 0 heterocycles. The number of hydrogen-bond donors (Lipinski definition) is 2. The number of hydrogen-bond acceptors (Lipinski definition) is 3. The predicted molar refractivity (Wildman–Crippen MR) is 79.8 cm³/mol. The summed E-state index contributed by atoms with van der Waals surface area (Å²) in [7, 11) is 1.37. The van der Waals surface area contributed by atoms with Gasteiger partial charge in [-0.1, -0.05) is 17.7 Å². The number of halogens is 3. The van der Waals surface area contributed by atoms with Crippen molar-refractivity contribution in [2.75, 3.05) is 19.0 Å². The van der Waals surface area contributed by atoms with Gasteiger partial charge >= 0.3 is 0 Å². The van der Waals surface area contributed by atoms with E-state index in [1.807, 2.05) is 0 Å². The monoisotopic (exact) mass is 312 g/mol. The van der Waals surface area contributed by atoms with E-state index in [0.29, 0.717) is 5.69 Å². The summed E-state index contributed by atoms with van der Waals surface area (Å²) in [5.41, 5.74) is 6.54. The van der Waals surface area contributed by atoms with Gasteiger partial charge in [0.25, 0.3) is 0 Å². The molecule has 2 aromatic rings. The summed E-state index contributed by atoms with van der Waals surface area (Å²) < 4.78 is 32.2. The lowest BCUT2D eigenvalue weighted by Gasteiger charge is -2.20. The maximum atomic E-state index is 13.9. The second-order valence-corrected chi connectivity index (χ2v) is 4.82. The Labute approximate surface area is 126 Å². The topological polar surface area (TPSA) is 47.3 Å². The Balaban J connectivity index is 2.31. The number of methoxy groups -OCH3 is 1. The highest BCUT2D eigenvalue weighted by Gasteiger charge is 2.18. The minimum absolute atomic E-state index is 0.0930. The van der Waals surface area contributed by atoms with Crippen LogP contribution in [0.25, 0.3) is 0 Å². The van der Waals surface area contributed by atoms with Crippen LogP contribution >= 0.6 is 11.6 Å². The average Bonchev–Trinajstić information content (AvgIpc) is 2.47. The van der Waals surface area contributed by atoms with E-state index in [2.05, 4.69) is 5.32 Å². The number of anilines is 1. The first-order valence-electron chi connectivity index (χ1n) is 6.31. The van der Waals surface area contributed by atoms with Crippen molar-refractivity contribution in [2.45, 2.75) is 6.04 Å². The van der Waals surface area contributed by atoms with Crippen LogP contribution in [-0.2, 0) is 0 Å². The zero-order chi connectivity index (χ0) is 15.4. The van der Waals surface area contributed by atoms with Crippen LogP contribution in [0.5, 0.6) is 5.75 Å². The van der Waals surface area contributed by atoms with Crippen molar-refractivity contribution in [1.29, 1.82) is 0 Å². The standard InChI is InChI=1S/C15H15ClF2N2O/c1-21-14-7-9(5-6-11(14)17)20-13(8-19)15-10(16)3-2-4-12(15)18/h2-7,13,20H,8,19H2,1H3. The van der Waals surface area contributed by atoms with Gasteiger partial charge in [0, 0.05) is 28.9 Å². The SMILES string of the molecule is COc1cc(NC(CN)c2c(F)cccc2Cl)ccc1F. The van der Waals surface area contributed by atoms with Gasteiger partial charge in [0.1, 0.15) is 5.82 Å². The molecule has 2 aromatic carbocycles. The van der Waals surface area contributed by atoms with Gasteiger partial charge in [-0.15, -0.1) is 0 Å². The number of nitrogens with two attached hydrogens (primary N) is 1. The largest absolute Gasteiger partial charge is 0.494 e. The smallest absolute Gasteiger partial charge is 0.165 e. The molecule has 112 valence electrons. The molecule has 3 N–H and O–H groups in total. The van der Waals surface area contributed by atoms with E-state index in [0.717, 1.165) is 0 Å². The molecule has 0 aromatic heterocycles. The quantitative estimate of drug-likeness (QED) is 0.884. The molecule has 0 amide bonds. The molecule has 0 spiro atoms. The molecule has 2 rings (SSSR count). The molecule has 0 aliphatic heterocycles. The second-order valence-electron chi connectivity index (χ2n) is 4.42. The Hall–Kier alpha value is -1.85. The fourth-order valence-corrected chi connectivity index (χ4v) is 2.34. The Bertz CT molecular complexity index is 617. The average molecular weight is 313 g/mol. The Morgan fingerprint density at radius 3 is 2.62 bits per heavy atom. The van der Waals surface area contributed by atoms with Crippen LogP contribution in [0.4, 0.5) is 14.5 Å². The van der Waals surface area contributed by atoms with Crippen molar-refractivity contribution in [3.05, 3.63) is 58.6 Å². The van der Waals surface area contributed by atoms with E-state index < -0.39 is 17.7 Å². The Morgan fingerprint density at radius 2 is 2.00 bits per heavy atom. The molecule has 0 aliphatic carbocycles. The van der Waals surface area contributed by atoms with Crippen molar-refractivity contribution in [3.63, 3.8) is 0 Å². The first-order valence-corrected chi connectivity index (χ1v) is 6.68. The van der Waals surface area contributed by atoms with Crippen molar-refractivity contribution < 1.29 is 13.5 Å². The second kappa shape index (κ2) is 6.74. The van der Waals surface area contributed by atoms with E-state index in [-0.39, 0.29) is 22.9 Å². The summed E-state index contributed by atoms with van der Waals surface area (Å²) in [6.45, 7) is 0.125. The zero-order valence-corrected chi connectivity index (χ0v) is 12.1. The van der Waals surface area contributed by atoms with E-state index in [9.17, 15) is 8.78 Å². The highest BCUT2D eigenvalue weighted by Crippen LogP contribution is 2.29. The molecule has 1 unspecified atom stereocenters. The fourth-order valence-electron chi connectivity index (χ4n) is 2.04. The molecule has 0 aliphatic rings.